The molecule has 5 heteroatoms. The van der Waals surface area contributed by atoms with E-state index in [9.17, 15) is 15.2 Å². The van der Waals surface area contributed by atoms with Crippen LogP contribution in [0.3, 0.4) is 0 Å². The third kappa shape index (κ3) is 3.24. The van der Waals surface area contributed by atoms with Gasteiger partial charge in [0.1, 0.15) is 0 Å². The van der Waals surface area contributed by atoms with Gasteiger partial charge in [-0.1, -0.05) is 25.3 Å². The van der Waals surface area contributed by atoms with Crippen LogP contribution in [0.1, 0.15) is 43.2 Å². The van der Waals surface area contributed by atoms with Crippen LogP contribution in [-0.4, -0.2) is 33.6 Å². The Kier molecular flexibility index (Phi) is 3.95. The first-order valence-corrected chi connectivity index (χ1v) is 7.77. The number of non-ortho nitro benzene ring substituents is 1. The number of nitrogens with zero attached hydrogens (tertiary/aromatic N) is 2. The Bertz CT molecular complexity index is 538. The van der Waals surface area contributed by atoms with Crippen LogP contribution in [0.25, 0.3) is 0 Å². The molecule has 114 valence electrons. The minimum atomic E-state index is -0.559. The van der Waals surface area contributed by atoms with Crippen LogP contribution in [0.2, 0.25) is 0 Å². The van der Waals surface area contributed by atoms with E-state index in [2.05, 4.69) is 4.90 Å². The van der Waals surface area contributed by atoms with Crippen molar-refractivity contribution in [3.05, 3.63) is 39.4 Å². The third-order valence-electron chi connectivity index (χ3n) is 4.79. The molecule has 0 saturated heterocycles. The first-order chi connectivity index (χ1) is 10.1. The zero-order valence-electron chi connectivity index (χ0n) is 12.3. The van der Waals surface area contributed by atoms with Crippen molar-refractivity contribution < 1.29 is 10.0 Å². The highest BCUT2D eigenvalue weighted by molar-refractivity contribution is 5.41. The molecule has 21 heavy (non-hydrogen) atoms. The predicted octanol–water partition coefficient (Wildman–Crippen LogP) is 2.65. The smallest absolute Gasteiger partial charge is 0.269 e. The molecule has 1 aromatic rings. The molecule has 3 rings (SSSR count). The van der Waals surface area contributed by atoms with Gasteiger partial charge in [0.25, 0.3) is 5.69 Å². The van der Waals surface area contributed by atoms with Crippen LogP contribution in [0.5, 0.6) is 0 Å². The summed E-state index contributed by atoms with van der Waals surface area (Å²) in [6, 6.07) is 5.15. The number of rotatable bonds is 3. The highest BCUT2D eigenvalue weighted by Gasteiger charge is 2.32. The van der Waals surface area contributed by atoms with Crippen molar-refractivity contribution in [2.45, 2.75) is 50.7 Å². The number of nitro benzene ring substituents is 1. The van der Waals surface area contributed by atoms with Gasteiger partial charge in [-0.05, 0) is 30.4 Å². The highest BCUT2D eigenvalue weighted by Crippen LogP contribution is 2.31. The van der Waals surface area contributed by atoms with E-state index in [0.717, 1.165) is 44.2 Å². The van der Waals surface area contributed by atoms with E-state index < -0.39 is 5.60 Å². The van der Waals surface area contributed by atoms with Crippen molar-refractivity contribution in [3.8, 4) is 0 Å². The van der Waals surface area contributed by atoms with Crippen molar-refractivity contribution in [3.63, 3.8) is 0 Å². The van der Waals surface area contributed by atoms with Crippen LogP contribution in [0.4, 0.5) is 5.69 Å². The number of hydrogen-bond acceptors (Lipinski definition) is 4. The molecule has 1 aliphatic carbocycles. The van der Waals surface area contributed by atoms with E-state index in [0.29, 0.717) is 13.1 Å². The second-order valence-electron chi connectivity index (χ2n) is 6.46. The summed E-state index contributed by atoms with van der Waals surface area (Å²) in [4.78, 5) is 12.8. The lowest BCUT2D eigenvalue weighted by Gasteiger charge is -2.38. The summed E-state index contributed by atoms with van der Waals surface area (Å²) in [5.41, 5.74) is 1.84. The molecular weight excluding hydrogens is 268 g/mol. The Balaban J connectivity index is 1.71. The topological polar surface area (TPSA) is 66.6 Å². The maximum absolute atomic E-state index is 10.9. The van der Waals surface area contributed by atoms with E-state index in [4.69, 9.17) is 0 Å². The van der Waals surface area contributed by atoms with Gasteiger partial charge in [-0.15, -0.1) is 0 Å². The van der Waals surface area contributed by atoms with E-state index >= 15 is 0 Å². The van der Waals surface area contributed by atoms with E-state index in [1.54, 1.807) is 12.1 Å². The lowest BCUT2D eigenvalue weighted by molar-refractivity contribution is -0.385. The number of aliphatic hydroxyl groups is 1. The van der Waals surface area contributed by atoms with Crippen molar-refractivity contribution in [2.24, 2.45) is 0 Å². The zero-order chi connectivity index (χ0) is 14.9. The Morgan fingerprint density at radius 1 is 1.24 bits per heavy atom. The van der Waals surface area contributed by atoms with Crippen LogP contribution < -0.4 is 0 Å². The Labute approximate surface area is 124 Å². The molecule has 0 radical (unpaired) electrons. The molecule has 1 N–H and O–H groups in total. The predicted molar refractivity (Wildman–Crippen MR) is 80.1 cm³/mol. The van der Waals surface area contributed by atoms with Crippen LogP contribution >= 0.6 is 0 Å². The second-order valence-corrected chi connectivity index (χ2v) is 6.46. The fourth-order valence-electron chi connectivity index (χ4n) is 3.63. The summed E-state index contributed by atoms with van der Waals surface area (Å²) >= 11 is 0. The molecule has 0 atom stereocenters. The fraction of sp³-hybridized carbons (Fsp3) is 0.625. The molecule has 1 fully saturated rings. The average Bonchev–Trinajstić information content (AvgIpc) is 2.46. The van der Waals surface area contributed by atoms with Gasteiger partial charge in [0.15, 0.2) is 0 Å². The summed E-state index contributed by atoms with van der Waals surface area (Å²) in [5, 5.41) is 21.6. The van der Waals surface area contributed by atoms with Crippen molar-refractivity contribution in [1.82, 2.24) is 4.90 Å². The van der Waals surface area contributed by atoms with Crippen molar-refractivity contribution in [1.29, 1.82) is 0 Å². The number of fused-ring (bicyclic) bond motifs is 1. The summed E-state index contributed by atoms with van der Waals surface area (Å²) in [6.07, 6.45) is 6.09. The van der Waals surface area contributed by atoms with Gasteiger partial charge in [0.2, 0.25) is 0 Å². The molecule has 1 aliphatic heterocycles. The first kappa shape index (κ1) is 14.5. The normalized spacial score (nSPS) is 21.8. The Morgan fingerprint density at radius 2 is 2.00 bits per heavy atom. The maximum Gasteiger partial charge on any atom is 0.269 e. The summed E-state index contributed by atoms with van der Waals surface area (Å²) < 4.78 is 0. The molecule has 0 unspecified atom stereocenters. The standard InChI is InChI=1S/C16H22N2O3/c19-16(7-2-1-3-8-16)12-17-9-6-13-4-5-15(18(20)21)10-14(13)11-17/h4-5,10,19H,1-3,6-9,11-12H2. The molecule has 1 saturated carbocycles. The summed E-state index contributed by atoms with van der Waals surface area (Å²) in [7, 11) is 0. The maximum atomic E-state index is 10.9. The molecule has 1 heterocycles. The zero-order valence-corrected chi connectivity index (χ0v) is 12.3. The molecule has 0 bridgehead atoms. The molecular formula is C16H22N2O3. The summed E-state index contributed by atoms with van der Waals surface area (Å²) in [6.45, 7) is 2.32. The first-order valence-electron chi connectivity index (χ1n) is 7.77. The number of hydrogen-bond donors (Lipinski definition) is 1. The fourth-order valence-corrected chi connectivity index (χ4v) is 3.63. The second kappa shape index (κ2) is 5.73. The van der Waals surface area contributed by atoms with Gasteiger partial charge in [0.05, 0.1) is 10.5 Å². The monoisotopic (exact) mass is 290 g/mol. The molecule has 0 spiro atoms. The third-order valence-corrected chi connectivity index (χ3v) is 4.79. The Hall–Kier alpha value is -1.46. The lowest BCUT2D eigenvalue weighted by atomic mass is 9.84. The van der Waals surface area contributed by atoms with Gasteiger partial charge < -0.3 is 5.11 Å². The minimum absolute atomic E-state index is 0.159. The quantitative estimate of drug-likeness (QED) is 0.686. The van der Waals surface area contributed by atoms with Gasteiger partial charge in [-0.3, -0.25) is 15.0 Å². The number of benzene rings is 1. The number of β-amino-alcohol motifs (C(OH)–C–C–N with tert-alkyl or cyclic N) is 1. The Morgan fingerprint density at radius 3 is 2.71 bits per heavy atom. The largest absolute Gasteiger partial charge is 0.389 e. The molecule has 0 amide bonds. The van der Waals surface area contributed by atoms with Crippen LogP contribution in [0.15, 0.2) is 18.2 Å². The van der Waals surface area contributed by atoms with Gasteiger partial charge in [0, 0.05) is 31.8 Å². The van der Waals surface area contributed by atoms with E-state index in [-0.39, 0.29) is 10.6 Å². The van der Waals surface area contributed by atoms with Gasteiger partial charge in [-0.2, -0.15) is 0 Å². The molecule has 5 nitrogen and oxygen atoms in total. The molecule has 0 aromatic heterocycles. The lowest BCUT2D eigenvalue weighted by Crippen LogP contribution is -2.46. The molecule has 1 aromatic carbocycles. The van der Waals surface area contributed by atoms with Gasteiger partial charge in [-0.25, -0.2) is 0 Å². The number of nitro groups is 1. The minimum Gasteiger partial charge on any atom is -0.389 e. The van der Waals surface area contributed by atoms with Crippen LogP contribution in [-0.2, 0) is 13.0 Å². The van der Waals surface area contributed by atoms with E-state index in [1.807, 2.05) is 6.07 Å². The van der Waals surface area contributed by atoms with Crippen molar-refractivity contribution in [2.75, 3.05) is 13.1 Å². The summed E-state index contributed by atoms with van der Waals surface area (Å²) in [5.74, 6) is 0. The SMILES string of the molecule is O=[N+]([O-])c1ccc2c(c1)CN(CC1(O)CCCCC1)CC2. The van der Waals surface area contributed by atoms with Gasteiger partial charge >= 0.3 is 0 Å². The highest BCUT2D eigenvalue weighted by atomic mass is 16.6. The average molecular weight is 290 g/mol. The molecule has 2 aliphatic rings. The van der Waals surface area contributed by atoms with E-state index in [1.165, 1.54) is 12.0 Å². The van der Waals surface area contributed by atoms with Crippen molar-refractivity contribution >= 4 is 5.69 Å². The van der Waals surface area contributed by atoms with Crippen LogP contribution in [0, 0.1) is 10.1 Å².